The quantitative estimate of drug-likeness (QED) is 0.664. The molecule has 140 valence electrons. The highest BCUT2D eigenvalue weighted by Crippen LogP contribution is 2.31. The van der Waals surface area contributed by atoms with Gasteiger partial charge in [-0.3, -0.25) is 9.78 Å². The van der Waals surface area contributed by atoms with E-state index in [0.717, 1.165) is 0 Å². The van der Waals surface area contributed by atoms with Gasteiger partial charge in [0.1, 0.15) is 6.61 Å². The topological polar surface area (TPSA) is 69.7 Å². The molecule has 0 spiro atoms. The summed E-state index contributed by atoms with van der Waals surface area (Å²) in [6.45, 7) is 4.66. The molecule has 0 aliphatic rings. The Bertz CT molecular complexity index is 749. The number of benzene rings is 1. The summed E-state index contributed by atoms with van der Waals surface area (Å²) in [6.07, 6.45) is 2.92. The van der Waals surface area contributed by atoms with Crippen LogP contribution in [0.5, 0.6) is 11.5 Å². The predicted octanol–water partition coefficient (Wildman–Crippen LogP) is 4.45. The summed E-state index contributed by atoms with van der Waals surface area (Å²) in [6, 6.07) is 4.87. The fourth-order valence-electron chi connectivity index (χ4n) is 2.08. The average Bonchev–Trinajstić information content (AvgIpc) is 2.61. The van der Waals surface area contributed by atoms with Gasteiger partial charge in [-0.2, -0.15) is 0 Å². The lowest BCUT2D eigenvalue weighted by atomic mass is 10.2. The minimum Gasteiger partial charge on any atom is -0.493 e. The highest BCUT2D eigenvalue weighted by atomic mass is 35.5. The Balaban J connectivity index is 2.13. The number of methoxy groups -OCH3 is 1. The minimum absolute atomic E-state index is 0.118. The fourth-order valence-corrected chi connectivity index (χ4v) is 2.54. The average molecular weight is 399 g/mol. The molecule has 0 fully saturated rings. The maximum atomic E-state index is 12.5. The number of halogens is 2. The number of carbonyl (C=O) groups excluding carboxylic acids is 1. The molecule has 26 heavy (non-hydrogen) atoms. The first-order valence-electron chi connectivity index (χ1n) is 7.95. The number of carbonyl (C=O) groups is 1. The Morgan fingerprint density at radius 3 is 2.46 bits per heavy atom. The zero-order valence-electron chi connectivity index (χ0n) is 14.7. The molecule has 1 amide bonds. The molecule has 1 heterocycles. The third kappa shape index (κ3) is 5.49. The van der Waals surface area contributed by atoms with Crippen molar-refractivity contribution in [1.29, 1.82) is 0 Å². The smallest absolute Gasteiger partial charge is 0.255 e. The van der Waals surface area contributed by atoms with E-state index in [0.29, 0.717) is 36.0 Å². The first kappa shape index (κ1) is 20.3. The standard InChI is InChI=1S/C18H20Cl2N2O4/c1-11(2)25-6-7-26-16-8-12(4-5-15(16)24-3)18(23)22-17-13(19)9-21-10-14(17)20/h4-5,8-11H,6-7H2,1-3H3,(H,21,22,23). The molecule has 0 saturated heterocycles. The Hall–Kier alpha value is -2.02. The number of hydrogen-bond donors (Lipinski definition) is 1. The van der Waals surface area contributed by atoms with E-state index in [1.807, 2.05) is 13.8 Å². The van der Waals surface area contributed by atoms with Crippen molar-refractivity contribution < 1.29 is 19.0 Å². The van der Waals surface area contributed by atoms with Crippen molar-refractivity contribution >= 4 is 34.8 Å². The number of nitrogens with zero attached hydrogens (tertiary/aromatic N) is 1. The number of pyridine rings is 1. The van der Waals surface area contributed by atoms with Crippen LogP contribution in [-0.4, -0.2) is 37.3 Å². The second kappa shape index (κ2) is 9.62. The summed E-state index contributed by atoms with van der Waals surface area (Å²) in [7, 11) is 1.53. The van der Waals surface area contributed by atoms with Crippen molar-refractivity contribution in [2.45, 2.75) is 20.0 Å². The zero-order valence-corrected chi connectivity index (χ0v) is 16.2. The molecule has 0 bridgehead atoms. The van der Waals surface area contributed by atoms with E-state index in [4.69, 9.17) is 37.4 Å². The monoisotopic (exact) mass is 398 g/mol. The molecule has 6 nitrogen and oxygen atoms in total. The lowest BCUT2D eigenvalue weighted by molar-refractivity contribution is 0.0547. The lowest BCUT2D eigenvalue weighted by Crippen LogP contribution is -2.14. The first-order chi connectivity index (χ1) is 12.4. The Morgan fingerprint density at radius 2 is 1.85 bits per heavy atom. The molecule has 2 aromatic rings. The van der Waals surface area contributed by atoms with E-state index < -0.39 is 0 Å². The van der Waals surface area contributed by atoms with Crippen molar-refractivity contribution in [3.8, 4) is 11.5 Å². The minimum atomic E-state index is -0.383. The van der Waals surface area contributed by atoms with Crippen LogP contribution in [0, 0.1) is 0 Å². The van der Waals surface area contributed by atoms with Crippen molar-refractivity contribution in [2.75, 3.05) is 25.6 Å². The number of rotatable bonds is 8. The third-order valence-electron chi connectivity index (χ3n) is 3.31. The molecular formula is C18H20Cl2N2O4. The van der Waals surface area contributed by atoms with Crippen LogP contribution in [0.15, 0.2) is 30.6 Å². The number of nitrogens with one attached hydrogen (secondary N) is 1. The highest BCUT2D eigenvalue weighted by Gasteiger charge is 2.15. The number of amides is 1. The summed E-state index contributed by atoms with van der Waals surface area (Å²) >= 11 is 12.1. The summed E-state index contributed by atoms with van der Waals surface area (Å²) < 4.78 is 16.4. The van der Waals surface area contributed by atoms with E-state index >= 15 is 0 Å². The molecule has 0 unspecified atom stereocenters. The molecule has 0 aliphatic heterocycles. The molecule has 2 rings (SSSR count). The van der Waals surface area contributed by atoms with Gasteiger partial charge in [0, 0.05) is 18.0 Å². The van der Waals surface area contributed by atoms with Gasteiger partial charge in [0.2, 0.25) is 0 Å². The van der Waals surface area contributed by atoms with E-state index in [1.54, 1.807) is 18.2 Å². The predicted molar refractivity (Wildman–Crippen MR) is 102 cm³/mol. The first-order valence-corrected chi connectivity index (χ1v) is 8.70. The highest BCUT2D eigenvalue weighted by molar-refractivity contribution is 6.39. The fraction of sp³-hybridized carbons (Fsp3) is 0.333. The molecule has 1 N–H and O–H groups in total. The van der Waals surface area contributed by atoms with Crippen LogP contribution in [0.1, 0.15) is 24.2 Å². The molecule has 0 radical (unpaired) electrons. The van der Waals surface area contributed by atoms with Crippen LogP contribution in [0.4, 0.5) is 5.69 Å². The van der Waals surface area contributed by atoms with Gasteiger partial charge in [-0.05, 0) is 32.0 Å². The second-order valence-electron chi connectivity index (χ2n) is 5.57. The van der Waals surface area contributed by atoms with Crippen molar-refractivity contribution in [3.63, 3.8) is 0 Å². The molecule has 1 aromatic carbocycles. The Kier molecular flexibility index (Phi) is 7.50. The molecule has 0 aliphatic carbocycles. The van der Waals surface area contributed by atoms with Gasteiger partial charge in [0.15, 0.2) is 11.5 Å². The molecular weight excluding hydrogens is 379 g/mol. The lowest BCUT2D eigenvalue weighted by Gasteiger charge is -2.14. The Morgan fingerprint density at radius 1 is 1.15 bits per heavy atom. The van der Waals surface area contributed by atoms with Gasteiger partial charge >= 0.3 is 0 Å². The second-order valence-corrected chi connectivity index (χ2v) is 6.38. The molecule has 8 heteroatoms. The molecule has 0 saturated carbocycles. The maximum Gasteiger partial charge on any atom is 0.255 e. The number of hydrogen-bond acceptors (Lipinski definition) is 5. The van der Waals surface area contributed by atoms with Crippen molar-refractivity contribution in [3.05, 3.63) is 46.2 Å². The SMILES string of the molecule is COc1ccc(C(=O)Nc2c(Cl)cncc2Cl)cc1OCCOC(C)C. The Labute approximate surface area is 162 Å². The van der Waals surface area contributed by atoms with Crippen molar-refractivity contribution in [1.82, 2.24) is 4.98 Å². The van der Waals surface area contributed by atoms with Crippen LogP contribution in [-0.2, 0) is 4.74 Å². The molecule has 0 atom stereocenters. The third-order valence-corrected chi connectivity index (χ3v) is 3.88. The number of anilines is 1. The van der Waals surface area contributed by atoms with Crippen LogP contribution in [0.25, 0.3) is 0 Å². The van der Waals surface area contributed by atoms with Crippen molar-refractivity contribution in [2.24, 2.45) is 0 Å². The van der Waals surface area contributed by atoms with E-state index in [9.17, 15) is 4.79 Å². The zero-order chi connectivity index (χ0) is 19.1. The van der Waals surface area contributed by atoms with Gasteiger partial charge in [-0.25, -0.2) is 0 Å². The summed E-state index contributed by atoms with van der Waals surface area (Å²) in [4.78, 5) is 16.4. The van der Waals surface area contributed by atoms with E-state index in [2.05, 4.69) is 10.3 Å². The van der Waals surface area contributed by atoms with Gasteiger partial charge in [-0.1, -0.05) is 23.2 Å². The molecule has 1 aromatic heterocycles. The summed E-state index contributed by atoms with van der Waals surface area (Å²) in [5.41, 5.74) is 0.673. The van der Waals surface area contributed by atoms with E-state index in [1.165, 1.54) is 19.5 Å². The summed E-state index contributed by atoms with van der Waals surface area (Å²) in [5.74, 6) is 0.580. The maximum absolute atomic E-state index is 12.5. The van der Waals surface area contributed by atoms with Gasteiger partial charge in [0.25, 0.3) is 5.91 Å². The van der Waals surface area contributed by atoms with Crippen LogP contribution in [0.2, 0.25) is 10.0 Å². The van der Waals surface area contributed by atoms with Gasteiger partial charge < -0.3 is 19.5 Å². The number of aromatic nitrogens is 1. The van der Waals surface area contributed by atoms with Gasteiger partial charge in [0.05, 0.1) is 35.6 Å². The van der Waals surface area contributed by atoms with Crippen LogP contribution < -0.4 is 14.8 Å². The number of ether oxygens (including phenoxy) is 3. The van der Waals surface area contributed by atoms with Gasteiger partial charge in [-0.15, -0.1) is 0 Å². The largest absolute Gasteiger partial charge is 0.493 e. The van der Waals surface area contributed by atoms with E-state index in [-0.39, 0.29) is 22.1 Å². The summed E-state index contributed by atoms with van der Waals surface area (Å²) in [5, 5.41) is 3.18. The normalized spacial score (nSPS) is 10.7. The van der Waals surface area contributed by atoms with Crippen LogP contribution in [0.3, 0.4) is 0 Å². The van der Waals surface area contributed by atoms with Crippen LogP contribution >= 0.6 is 23.2 Å².